The van der Waals surface area contributed by atoms with Crippen LogP contribution in [0.4, 0.5) is 0 Å². The molecule has 0 N–H and O–H groups in total. The highest BCUT2D eigenvalue weighted by atomic mass is 14.1. The van der Waals surface area contributed by atoms with Gasteiger partial charge in [-0.1, -0.05) is 63.3 Å². The normalized spacial score (nSPS) is 18.1. The van der Waals surface area contributed by atoms with E-state index in [9.17, 15) is 0 Å². The fraction of sp³-hybridized carbons (Fsp3) is 0.333. The Morgan fingerprint density at radius 3 is 2.47 bits per heavy atom. The van der Waals surface area contributed by atoms with Gasteiger partial charge in [0.05, 0.1) is 0 Å². The number of hydrogen-bond acceptors (Lipinski definition) is 0. The van der Waals surface area contributed by atoms with Gasteiger partial charge in [-0.3, -0.25) is 0 Å². The van der Waals surface area contributed by atoms with Gasteiger partial charge in [-0.15, -0.1) is 0 Å². The van der Waals surface area contributed by atoms with Crippen LogP contribution in [0.1, 0.15) is 38.8 Å². The maximum Gasteiger partial charge on any atom is -0.00726 e. The van der Waals surface area contributed by atoms with Gasteiger partial charge in [-0.2, -0.15) is 0 Å². The summed E-state index contributed by atoms with van der Waals surface area (Å²) in [5, 5.41) is 0. The third-order valence-electron chi connectivity index (χ3n) is 2.48. The van der Waals surface area contributed by atoms with Crippen LogP contribution in [0.15, 0.2) is 36.4 Å². The quantitative estimate of drug-likeness (QED) is 0.565. The SMILES string of the molecule is CC.CC1=CC(C)C=Cc2ccccc21. The lowest BCUT2D eigenvalue weighted by Gasteiger charge is -2.04. The van der Waals surface area contributed by atoms with Crippen molar-refractivity contribution in [2.75, 3.05) is 0 Å². The molecule has 0 aromatic heterocycles. The molecule has 1 unspecified atom stereocenters. The van der Waals surface area contributed by atoms with Crippen molar-refractivity contribution in [1.29, 1.82) is 0 Å². The average molecular weight is 200 g/mol. The first-order valence-corrected chi connectivity index (χ1v) is 5.73. The summed E-state index contributed by atoms with van der Waals surface area (Å²) in [6.07, 6.45) is 6.77. The van der Waals surface area contributed by atoms with Gasteiger partial charge in [-0.25, -0.2) is 0 Å². The Bertz CT molecular complexity index is 369. The molecule has 1 atom stereocenters. The number of allylic oxidation sites excluding steroid dienone is 3. The van der Waals surface area contributed by atoms with Crippen LogP contribution in [-0.4, -0.2) is 0 Å². The summed E-state index contributed by atoms with van der Waals surface area (Å²) in [6, 6.07) is 8.54. The first-order chi connectivity index (χ1) is 7.27. The summed E-state index contributed by atoms with van der Waals surface area (Å²) in [5.74, 6) is 0.549. The standard InChI is InChI=1S/C13H14.C2H6/c1-10-7-8-12-5-3-4-6-13(12)11(2)9-10;1-2/h3-10H,1-2H3;1-2H3. The summed E-state index contributed by atoms with van der Waals surface area (Å²) in [5.41, 5.74) is 4.08. The van der Waals surface area contributed by atoms with Gasteiger partial charge in [0.25, 0.3) is 0 Å². The molecule has 0 fully saturated rings. The van der Waals surface area contributed by atoms with Crippen LogP contribution < -0.4 is 0 Å². The molecule has 0 nitrogen and oxygen atoms in total. The Morgan fingerprint density at radius 2 is 1.73 bits per heavy atom. The molecular formula is C15H20. The summed E-state index contributed by atoms with van der Waals surface area (Å²) in [6.45, 7) is 8.40. The molecule has 1 aromatic carbocycles. The van der Waals surface area contributed by atoms with E-state index in [1.165, 1.54) is 16.7 Å². The van der Waals surface area contributed by atoms with Crippen molar-refractivity contribution in [3.05, 3.63) is 47.5 Å². The van der Waals surface area contributed by atoms with Crippen LogP contribution >= 0.6 is 0 Å². The fourth-order valence-corrected chi connectivity index (χ4v) is 1.80. The van der Waals surface area contributed by atoms with E-state index in [4.69, 9.17) is 0 Å². The largest absolute Gasteiger partial charge is 0.0773 e. The zero-order chi connectivity index (χ0) is 11.3. The molecule has 0 aliphatic heterocycles. The number of hydrogen-bond donors (Lipinski definition) is 0. The number of benzene rings is 1. The molecule has 0 amide bonds. The third-order valence-corrected chi connectivity index (χ3v) is 2.48. The van der Waals surface area contributed by atoms with Gasteiger partial charge in [0.15, 0.2) is 0 Å². The minimum atomic E-state index is 0.549. The van der Waals surface area contributed by atoms with E-state index in [1.807, 2.05) is 13.8 Å². The van der Waals surface area contributed by atoms with Crippen molar-refractivity contribution in [2.24, 2.45) is 5.92 Å². The lowest BCUT2D eigenvalue weighted by atomic mass is 10.0. The summed E-state index contributed by atoms with van der Waals surface area (Å²) in [4.78, 5) is 0. The summed E-state index contributed by atoms with van der Waals surface area (Å²) in [7, 11) is 0. The van der Waals surface area contributed by atoms with Crippen LogP contribution in [0, 0.1) is 5.92 Å². The Morgan fingerprint density at radius 1 is 1.07 bits per heavy atom. The molecule has 0 saturated heterocycles. The second-order valence-electron chi connectivity index (χ2n) is 3.66. The first-order valence-electron chi connectivity index (χ1n) is 5.73. The molecule has 0 spiro atoms. The lowest BCUT2D eigenvalue weighted by molar-refractivity contribution is 0.949. The molecule has 2 rings (SSSR count). The van der Waals surface area contributed by atoms with Crippen LogP contribution in [0.25, 0.3) is 11.6 Å². The lowest BCUT2D eigenvalue weighted by Crippen LogP contribution is -1.84. The average Bonchev–Trinajstić information content (AvgIpc) is 2.42. The molecule has 0 heterocycles. The molecule has 1 aliphatic rings. The Labute approximate surface area is 93.3 Å². The summed E-state index contributed by atoms with van der Waals surface area (Å²) >= 11 is 0. The fourth-order valence-electron chi connectivity index (χ4n) is 1.80. The highest BCUT2D eigenvalue weighted by Crippen LogP contribution is 2.25. The van der Waals surface area contributed by atoms with Crippen LogP contribution in [0.3, 0.4) is 0 Å². The zero-order valence-electron chi connectivity index (χ0n) is 10.1. The van der Waals surface area contributed by atoms with E-state index in [0.717, 1.165) is 0 Å². The third kappa shape index (κ3) is 2.82. The molecule has 0 radical (unpaired) electrons. The molecular weight excluding hydrogens is 180 g/mol. The highest BCUT2D eigenvalue weighted by Gasteiger charge is 2.05. The Kier molecular flexibility index (Phi) is 4.36. The topological polar surface area (TPSA) is 0 Å². The van der Waals surface area contributed by atoms with Gasteiger partial charge < -0.3 is 0 Å². The van der Waals surface area contributed by atoms with E-state index in [0.29, 0.717) is 5.92 Å². The smallest absolute Gasteiger partial charge is 0.00726 e. The highest BCUT2D eigenvalue weighted by molar-refractivity contribution is 5.75. The molecule has 0 bridgehead atoms. The minimum absolute atomic E-state index is 0.549. The van der Waals surface area contributed by atoms with Crippen molar-refractivity contribution < 1.29 is 0 Å². The van der Waals surface area contributed by atoms with Crippen molar-refractivity contribution in [3.8, 4) is 0 Å². The van der Waals surface area contributed by atoms with E-state index in [2.05, 4.69) is 56.3 Å². The Hall–Kier alpha value is -1.30. The van der Waals surface area contributed by atoms with E-state index in [-0.39, 0.29) is 0 Å². The van der Waals surface area contributed by atoms with Crippen molar-refractivity contribution in [1.82, 2.24) is 0 Å². The van der Waals surface area contributed by atoms with Gasteiger partial charge in [0.1, 0.15) is 0 Å². The van der Waals surface area contributed by atoms with E-state index < -0.39 is 0 Å². The second-order valence-corrected chi connectivity index (χ2v) is 3.66. The first kappa shape index (κ1) is 11.8. The monoisotopic (exact) mass is 200 g/mol. The zero-order valence-corrected chi connectivity index (χ0v) is 10.1. The van der Waals surface area contributed by atoms with Crippen LogP contribution in [0.2, 0.25) is 0 Å². The van der Waals surface area contributed by atoms with E-state index >= 15 is 0 Å². The maximum absolute atomic E-state index is 2.31. The van der Waals surface area contributed by atoms with Crippen molar-refractivity contribution in [3.63, 3.8) is 0 Å². The molecule has 1 aromatic rings. The van der Waals surface area contributed by atoms with Crippen molar-refractivity contribution in [2.45, 2.75) is 27.7 Å². The summed E-state index contributed by atoms with van der Waals surface area (Å²) < 4.78 is 0. The maximum atomic E-state index is 2.31. The van der Waals surface area contributed by atoms with Crippen LogP contribution in [0.5, 0.6) is 0 Å². The molecule has 1 aliphatic carbocycles. The van der Waals surface area contributed by atoms with Gasteiger partial charge >= 0.3 is 0 Å². The van der Waals surface area contributed by atoms with Gasteiger partial charge in [-0.05, 0) is 29.5 Å². The molecule has 0 heteroatoms. The van der Waals surface area contributed by atoms with E-state index in [1.54, 1.807) is 0 Å². The number of fused-ring (bicyclic) bond motifs is 1. The number of rotatable bonds is 0. The van der Waals surface area contributed by atoms with Crippen LogP contribution in [-0.2, 0) is 0 Å². The second kappa shape index (κ2) is 5.55. The predicted molar refractivity (Wildman–Crippen MR) is 69.6 cm³/mol. The minimum Gasteiger partial charge on any atom is -0.0773 e. The van der Waals surface area contributed by atoms with Crippen molar-refractivity contribution >= 4 is 11.6 Å². The molecule has 80 valence electrons. The van der Waals surface area contributed by atoms with Gasteiger partial charge in [0.2, 0.25) is 0 Å². The molecule has 0 saturated carbocycles. The predicted octanol–water partition coefficient (Wildman–Crippen LogP) is 4.78. The van der Waals surface area contributed by atoms with Gasteiger partial charge in [0, 0.05) is 0 Å². The molecule has 15 heavy (non-hydrogen) atoms. The Balaban J connectivity index is 0.000000531.